The van der Waals surface area contributed by atoms with Gasteiger partial charge in [0.05, 0.1) is 13.2 Å². The maximum Gasteiger partial charge on any atom is 0.278 e. The van der Waals surface area contributed by atoms with Gasteiger partial charge >= 0.3 is 0 Å². The summed E-state index contributed by atoms with van der Waals surface area (Å²) in [5, 5.41) is 8.30. The summed E-state index contributed by atoms with van der Waals surface area (Å²) >= 11 is 0. The minimum absolute atomic E-state index is 0.0538. The standard InChI is InChI=1S/C5H8F2O2/c6-5(7)1-2-9-4(5)3-8/h4,8H,1-3H2. The van der Waals surface area contributed by atoms with E-state index < -0.39 is 18.6 Å². The van der Waals surface area contributed by atoms with E-state index in [0.717, 1.165) is 0 Å². The van der Waals surface area contributed by atoms with Crippen LogP contribution in [0.2, 0.25) is 0 Å². The number of rotatable bonds is 1. The lowest BCUT2D eigenvalue weighted by molar-refractivity contribution is -0.0877. The third-order valence-electron chi connectivity index (χ3n) is 1.39. The first-order valence-electron chi connectivity index (χ1n) is 2.77. The van der Waals surface area contributed by atoms with Crippen molar-refractivity contribution in [3.63, 3.8) is 0 Å². The number of aliphatic hydroxyl groups is 1. The second kappa shape index (κ2) is 2.19. The minimum Gasteiger partial charge on any atom is -0.393 e. The smallest absolute Gasteiger partial charge is 0.278 e. The van der Waals surface area contributed by atoms with Crippen LogP contribution in [0.25, 0.3) is 0 Å². The maximum atomic E-state index is 12.3. The first kappa shape index (κ1) is 6.89. The van der Waals surface area contributed by atoms with Gasteiger partial charge in [-0.3, -0.25) is 0 Å². The normalized spacial score (nSPS) is 33.0. The van der Waals surface area contributed by atoms with E-state index in [4.69, 9.17) is 5.11 Å². The molecule has 0 saturated carbocycles. The highest BCUT2D eigenvalue weighted by Gasteiger charge is 2.44. The average molecular weight is 138 g/mol. The van der Waals surface area contributed by atoms with E-state index in [9.17, 15) is 8.78 Å². The van der Waals surface area contributed by atoms with Crippen LogP contribution in [0, 0.1) is 0 Å². The van der Waals surface area contributed by atoms with Gasteiger partial charge in [-0.25, -0.2) is 8.78 Å². The third-order valence-corrected chi connectivity index (χ3v) is 1.39. The van der Waals surface area contributed by atoms with Gasteiger partial charge in [0.25, 0.3) is 5.92 Å². The Morgan fingerprint density at radius 1 is 1.67 bits per heavy atom. The minimum atomic E-state index is -2.81. The summed E-state index contributed by atoms with van der Waals surface area (Å²) in [6.45, 7) is -0.536. The first-order valence-corrected chi connectivity index (χ1v) is 2.77. The lowest BCUT2D eigenvalue weighted by Crippen LogP contribution is -2.31. The van der Waals surface area contributed by atoms with Crippen LogP contribution in [-0.4, -0.2) is 30.3 Å². The quantitative estimate of drug-likeness (QED) is 0.568. The lowest BCUT2D eigenvalue weighted by atomic mass is 10.2. The van der Waals surface area contributed by atoms with E-state index in [2.05, 4.69) is 4.74 Å². The van der Waals surface area contributed by atoms with Gasteiger partial charge in [0.2, 0.25) is 0 Å². The molecule has 1 N–H and O–H groups in total. The summed E-state index contributed by atoms with van der Waals surface area (Å²) in [6, 6.07) is 0. The molecule has 0 aromatic rings. The predicted octanol–water partition coefficient (Wildman–Crippen LogP) is 0.403. The topological polar surface area (TPSA) is 29.5 Å². The Bertz CT molecular complexity index is 105. The fourth-order valence-corrected chi connectivity index (χ4v) is 0.806. The number of hydrogen-bond acceptors (Lipinski definition) is 2. The van der Waals surface area contributed by atoms with Crippen molar-refractivity contribution in [3.8, 4) is 0 Å². The van der Waals surface area contributed by atoms with Crippen LogP contribution in [0.1, 0.15) is 6.42 Å². The van der Waals surface area contributed by atoms with Crippen LogP contribution in [0.4, 0.5) is 8.78 Å². The van der Waals surface area contributed by atoms with Gasteiger partial charge in [-0.05, 0) is 0 Å². The van der Waals surface area contributed by atoms with Gasteiger partial charge in [-0.1, -0.05) is 0 Å². The summed E-state index contributed by atoms with van der Waals surface area (Å²) < 4.78 is 29.2. The van der Waals surface area contributed by atoms with Crippen molar-refractivity contribution in [1.29, 1.82) is 0 Å². The molecule has 1 aliphatic rings. The van der Waals surface area contributed by atoms with Crippen LogP contribution in [0.5, 0.6) is 0 Å². The molecule has 4 heteroatoms. The molecular formula is C5H8F2O2. The van der Waals surface area contributed by atoms with Gasteiger partial charge < -0.3 is 9.84 Å². The molecule has 0 amide bonds. The van der Waals surface area contributed by atoms with Crippen molar-refractivity contribution < 1.29 is 18.6 Å². The Labute approximate surface area is 51.4 Å². The molecule has 1 aliphatic heterocycles. The van der Waals surface area contributed by atoms with Crippen molar-refractivity contribution in [1.82, 2.24) is 0 Å². The van der Waals surface area contributed by atoms with E-state index in [1.165, 1.54) is 0 Å². The number of aliphatic hydroxyl groups excluding tert-OH is 1. The molecule has 1 unspecified atom stereocenters. The molecule has 0 aromatic carbocycles. The lowest BCUT2D eigenvalue weighted by Gasteiger charge is -2.13. The molecule has 1 heterocycles. The van der Waals surface area contributed by atoms with Crippen LogP contribution in [-0.2, 0) is 4.74 Å². The molecule has 2 nitrogen and oxygen atoms in total. The zero-order valence-corrected chi connectivity index (χ0v) is 4.81. The van der Waals surface area contributed by atoms with E-state index in [0.29, 0.717) is 0 Å². The van der Waals surface area contributed by atoms with Crippen molar-refractivity contribution >= 4 is 0 Å². The Balaban J connectivity index is 2.52. The molecule has 0 radical (unpaired) electrons. The molecule has 0 aliphatic carbocycles. The van der Waals surface area contributed by atoms with Crippen molar-refractivity contribution in [3.05, 3.63) is 0 Å². The number of alkyl halides is 2. The highest BCUT2D eigenvalue weighted by Crippen LogP contribution is 2.30. The van der Waals surface area contributed by atoms with E-state index in [1.807, 2.05) is 0 Å². The Hall–Kier alpha value is -0.220. The summed E-state index contributed by atoms with van der Waals surface area (Å²) in [4.78, 5) is 0. The summed E-state index contributed by atoms with van der Waals surface area (Å²) in [7, 11) is 0. The summed E-state index contributed by atoms with van der Waals surface area (Å²) in [6.07, 6.45) is -1.53. The zero-order chi connectivity index (χ0) is 6.91. The molecule has 9 heavy (non-hydrogen) atoms. The van der Waals surface area contributed by atoms with Crippen molar-refractivity contribution in [2.75, 3.05) is 13.2 Å². The predicted molar refractivity (Wildman–Crippen MR) is 26.4 cm³/mol. The van der Waals surface area contributed by atoms with Crippen LogP contribution >= 0.6 is 0 Å². The number of hydrogen-bond donors (Lipinski definition) is 1. The zero-order valence-electron chi connectivity index (χ0n) is 4.81. The summed E-state index contributed by atoms with van der Waals surface area (Å²) in [5.41, 5.74) is 0. The molecule has 1 atom stereocenters. The third kappa shape index (κ3) is 1.19. The molecule has 0 aromatic heterocycles. The molecule has 54 valence electrons. The highest BCUT2D eigenvalue weighted by atomic mass is 19.3. The van der Waals surface area contributed by atoms with E-state index in [1.54, 1.807) is 0 Å². The van der Waals surface area contributed by atoms with E-state index >= 15 is 0 Å². The van der Waals surface area contributed by atoms with Gasteiger partial charge in [0, 0.05) is 6.42 Å². The number of ether oxygens (including phenoxy) is 1. The largest absolute Gasteiger partial charge is 0.393 e. The van der Waals surface area contributed by atoms with Gasteiger partial charge in [-0.15, -0.1) is 0 Å². The molecule has 1 saturated heterocycles. The van der Waals surface area contributed by atoms with Crippen molar-refractivity contribution in [2.24, 2.45) is 0 Å². The SMILES string of the molecule is OCC1OCCC1(F)F. The molecule has 1 rings (SSSR count). The van der Waals surface area contributed by atoms with Gasteiger partial charge in [0.1, 0.15) is 6.10 Å². The van der Waals surface area contributed by atoms with Gasteiger partial charge in [0.15, 0.2) is 0 Å². The second-order valence-corrected chi connectivity index (χ2v) is 2.05. The van der Waals surface area contributed by atoms with Crippen LogP contribution in [0.15, 0.2) is 0 Å². The monoisotopic (exact) mass is 138 g/mol. The Kier molecular flexibility index (Phi) is 1.68. The Morgan fingerprint density at radius 3 is 2.56 bits per heavy atom. The number of halogens is 2. The average Bonchev–Trinajstić information content (AvgIpc) is 2.08. The van der Waals surface area contributed by atoms with Gasteiger partial charge in [-0.2, -0.15) is 0 Å². The first-order chi connectivity index (χ1) is 4.17. The van der Waals surface area contributed by atoms with Crippen LogP contribution in [0.3, 0.4) is 0 Å². The fraction of sp³-hybridized carbons (Fsp3) is 1.00. The molecular weight excluding hydrogens is 130 g/mol. The Morgan fingerprint density at radius 2 is 2.33 bits per heavy atom. The van der Waals surface area contributed by atoms with Crippen LogP contribution < -0.4 is 0 Å². The maximum absolute atomic E-state index is 12.3. The second-order valence-electron chi connectivity index (χ2n) is 2.05. The molecule has 1 fully saturated rings. The van der Waals surface area contributed by atoms with Crippen molar-refractivity contribution in [2.45, 2.75) is 18.4 Å². The van der Waals surface area contributed by atoms with E-state index in [-0.39, 0.29) is 13.0 Å². The summed E-state index contributed by atoms with van der Waals surface area (Å²) in [5.74, 6) is -2.81. The highest BCUT2D eigenvalue weighted by molar-refractivity contribution is 4.82. The molecule has 0 bridgehead atoms. The molecule has 0 spiro atoms. The fourth-order valence-electron chi connectivity index (χ4n) is 0.806.